The van der Waals surface area contributed by atoms with E-state index in [1.165, 1.54) is 16.4 Å². The number of allylic oxidation sites excluding steroid dienone is 1. The van der Waals surface area contributed by atoms with Crippen LogP contribution in [-0.4, -0.2) is 72.1 Å². The molecule has 4 heterocycles. The van der Waals surface area contributed by atoms with Crippen molar-refractivity contribution in [3.8, 4) is 0 Å². The zero-order valence-electron chi connectivity index (χ0n) is 19.4. The molecule has 1 aromatic carbocycles. The summed E-state index contributed by atoms with van der Waals surface area (Å²) in [5.41, 5.74) is 7.82. The summed E-state index contributed by atoms with van der Waals surface area (Å²) in [5.74, 6) is -1.06. The highest BCUT2D eigenvalue weighted by atomic mass is 32.2. The Balaban J connectivity index is 1.68. The first kappa shape index (κ1) is 22.8. The Morgan fingerprint density at radius 2 is 1.71 bits per heavy atom. The summed E-state index contributed by atoms with van der Waals surface area (Å²) in [6, 6.07) is 4.48. The zero-order chi connectivity index (χ0) is 24.6. The molecule has 0 saturated carbocycles. The fourth-order valence-corrected chi connectivity index (χ4v) is 6.22. The second-order valence-electron chi connectivity index (χ2n) is 8.91. The lowest BCUT2D eigenvalue weighted by Gasteiger charge is -2.26. The van der Waals surface area contributed by atoms with Gasteiger partial charge >= 0.3 is 0 Å². The van der Waals surface area contributed by atoms with Gasteiger partial charge < -0.3 is 10.5 Å². The molecule has 2 N–H and O–H groups in total. The fourth-order valence-electron chi connectivity index (χ4n) is 4.79. The van der Waals surface area contributed by atoms with Gasteiger partial charge in [-0.25, -0.2) is 13.3 Å². The van der Waals surface area contributed by atoms with Gasteiger partial charge in [-0.05, 0) is 51.5 Å². The largest absolute Gasteiger partial charge is 0.379 e. The van der Waals surface area contributed by atoms with Crippen molar-refractivity contribution in [1.29, 1.82) is 0 Å². The monoisotopic (exact) mass is 483 g/mol. The van der Waals surface area contributed by atoms with E-state index in [1.54, 1.807) is 33.8 Å². The van der Waals surface area contributed by atoms with Crippen molar-refractivity contribution in [1.82, 2.24) is 14.2 Å². The number of benzene rings is 1. The molecule has 1 unspecified atom stereocenters. The predicted octanol–water partition coefficient (Wildman–Crippen LogP) is 1.58. The molecule has 0 spiro atoms. The quantitative estimate of drug-likeness (QED) is 0.655. The van der Waals surface area contributed by atoms with Gasteiger partial charge in [0.1, 0.15) is 5.66 Å². The lowest BCUT2D eigenvalue weighted by molar-refractivity contribution is 0.0711. The maximum Gasteiger partial charge on any atom is 0.268 e. The van der Waals surface area contributed by atoms with Crippen molar-refractivity contribution in [2.24, 2.45) is 10.7 Å². The second kappa shape index (κ2) is 7.51. The summed E-state index contributed by atoms with van der Waals surface area (Å²) in [7, 11) is -3.80. The lowest BCUT2D eigenvalue weighted by Crippen LogP contribution is -2.40. The number of nitrogens with two attached hydrogens (primary N) is 1. The summed E-state index contributed by atoms with van der Waals surface area (Å²) in [6.07, 6.45) is 0. The Hall–Kier alpha value is -2.99. The Morgan fingerprint density at radius 3 is 2.32 bits per heavy atom. The lowest BCUT2D eigenvalue weighted by atomic mass is 10.0. The van der Waals surface area contributed by atoms with Crippen LogP contribution in [0.2, 0.25) is 0 Å². The van der Waals surface area contributed by atoms with Gasteiger partial charge in [-0.15, -0.1) is 0 Å². The van der Waals surface area contributed by atoms with Gasteiger partial charge in [-0.1, -0.05) is 0 Å². The molecular formula is C23H25N5O5S. The van der Waals surface area contributed by atoms with Crippen LogP contribution in [0.1, 0.15) is 47.2 Å². The van der Waals surface area contributed by atoms with Crippen LogP contribution >= 0.6 is 0 Å². The number of aryl methyl sites for hydroxylation is 1. The smallest absolute Gasteiger partial charge is 0.268 e. The van der Waals surface area contributed by atoms with Crippen LogP contribution in [0.15, 0.2) is 39.4 Å². The van der Waals surface area contributed by atoms with Gasteiger partial charge in [0.15, 0.2) is 0 Å². The van der Waals surface area contributed by atoms with Crippen LogP contribution in [-0.2, 0) is 14.8 Å². The van der Waals surface area contributed by atoms with Crippen molar-refractivity contribution in [2.45, 2.75) is 38.3 Å². The number of amides is 2. The minimum atomic E-state index is -3.80. The molecule has 5 rings (SSSR count). The Morgan fingerprint density at radius 1 is 1.06 bits per heavy atom. The van der Waals surface area contributed by atoms with Crippen LogP contribution < -0.4 is 5.73 Å². The normalized spacial score (nSPS) is 23.8. The summed E-state index contributed by atoms with van der Waals surface area (Å²) < 4.78 is 33.1. The molecule has 11 heteroatoms. The average Bonchev–Trinajstić information content (AvgIpc) is 3.16. The van der Waals surface area contributed by atoms with Crippen molar-refractivity contribution in [3.63, 3.8) is 0 Å². The van der Waals surface area contributed by atoms with Crippen molar-refractivity contribution in [3.05, 3.63) is 46.3 Å². The van der Waals surface area contributed by atoms with E-state index < -0.39 is 27.5 Å². The van der Waals surface area contributed by atoms with E-state index in [0.29, 0.717) is 46.8 Å². The Bertz CT molecular complexity index is 1450. The predicted molar refractivity (Wildman–Crippen MR) is 125 cm³/mol. The van der Waals surface area contributed by atoms with Gasteiger partial charge in [-0.2, -0.15) is 4.31 Å². The van der Waals surface area contributed by atoms with Crippen LogP contribution in [0.3, 0.4) is 0 Å². The highest BCUT2D eigenvalue weighted by molar-refractivity contribution is 7.89. The summed E-state index contributed by atoms with van der Waals surface area (Å²) in [4.78, 5) is 37.2. The number of carbonyl (C=O) groups is 2. The zero-order valence-corrected chi connectivity index (χ0v) is 20.2. The summed E-state index contributed by atoms with van der Waals surface area (Å²) >= 11 is 0. The number of carbonyl (C=O) groups excluding carboxylic acids is 2. The minimum absolute atomic E-state index is 0.0389. The highest BCUT2D eigenvalue weighted by Crippen LogP contribution is 2.38. The van der Waals surface area contributed by atoms with Crippen LogP contribution in [0.5, 0.6) is 0 Å². The number of sulfonamides is 1. The number of ether oxygens (including phenoxy) is 1. The second-order valence-corrected chi connectivity index (χ2v) is 10.8. The number of hydrogen-bond acceptors (Lipinski definition) is 8. The van der Waals surface area contributed by atoms with Gasteiger partial charge in [0.05, 0.1) is 51.9 Å². The molecule has 0 bridgehead atoms. The first-order valence-corrected chi connectivity index (χ1v) is 12.4. The van der Waals surface area contributed by atoms with Crippen LogP contribution in [0.25, 0.3) is 10.9 Å². The number of morpholine rings is 1. The molecule has 2 amide bonds. The molecule has 34 heavy (non-hydrogen) atoms. The topological polar surface area (TPSA) is 135 Å². The van der Waals surface area contributed by atoms with Crippen molar-refractivity contribution < 1.29 is 22.7 Å². The third-order valence-corrected chi connectivity index (χ3v) is 8.55. The molecule has 1 aromatic heterocycles. The Kier molecular flexibility index (Phi) is 5.03. The van der Waals surface area contributed by atoms with Gasteiger partial charge in [0, 0.05) is 18.5 Å². The SMILES string of the molecule is CC1=NC(C)(N)C(C)=C1N1C(=O)c2c(C)nc3ccc(S(=O)(=O)N4CCOCC4)cc3c2C1=O. The van der Waals surface area contributed by atoms with Gasteiger partial charge in [0.25, 0.3) is 11.8 Å². The van der Waals surface area contributed by atoms with E-state index in [1.807, 2.05) is 0 Å². The highest BCUT2D eigenvalue weighted by Gasteiger charge is 2.45. The molecule has 0 radical (unpaired) electrons. The average molecular weight is 484 g/mol. The van der Waals surface area contributed by atoms with Crippen LogP contribution in [0, 0.1) is 6.92 Å². The fraction of sp³-hybridized carbons (Fsp3) is 0.391. The van der Waals surface area contributed by atoms with E-state index in [2.05, 4.69) is 9.98 Å². The number of aliphatic imine (C=N–C) groups is 1. The first-order valence-electron chi connectivity index (χ1n) is 10.9. The minimum Gasteiger partial charge on any atom is -0.379 e. The number of aromatic nitrogens is 1. The number of hydrogen-bond donors (Lipinski definition) is 1. The molecule has 10 nitrogen and oxygen atoms in total. The van der Waals surface area contributed by atoms with E-state index in [4.69, 9.17) is 10.5 Å². The van der Waals surface area contributed by atoms with E-state index in [0.717, 1.165) is 4.90 Å². The molecule has 178 valence electrons. The maximum atomic E-state index is 13.7. The van der Waals surface area contributed by atoms with Crippen molar-refractivity contribution >= 4 is 38.5 Å². The molecular weight excluding hydrogens is 458 g/mol. The van der Waals surface area contributed by atoms with Gasteiger partial charge in [-0.3, -0.25) is 19.6 Å². The number of rotatable bonds is 3. The van der Waals surface area contributed by atoms with Crippen molar-refractivity contribution in [2.75, 3.05) is 26.3 Å². The van der Waals surface area contributed by atoms with Gasteiger partial charge in [0.2, 0.25) is 10.0 Å². The molecule has 2 aromatic rings. The molecule has 1 saturated heterocycles. The maximum absolute atomic E-state index is 13.7. The van der Waals surface area contributed by atoms with Crippen LogP contribution in [0.4, 0.5) is 0 Å². The first-order chi connectivity index (χ1) is 15.9. The third kappa shape index (κ3) is 3.15. The molecule has 1 fully saturated rings. The summed E-state index contributed by atoms with van der Waals surface area (Å²) in [5, 5.41) is 0.317. The summed E-state index contributed by atoms with van der Waals surface area (Å²) in [6.45, 7) is 7.96. The van der Waals surface area contributed by atoms with E-state index >= 15 is 0 Å². The molecule has 3 aliphatic heterocycles. The van der Waals surface area contributed by atoms with E-state index in [9.17, 15) is 18.0 Å². The molecule has 0 aliphatic carbocycles. The van der Waals surface area contributed by atoms with E-state index in [-0.39, 0.29) is 29.1 Å². The number of nitrogens with zero attached hydrogens (tertiary/aromatic N) is 4. The molecule has 1 atom stereocenters. The Labute approximate surface area is 197 Å². The number of imide groups is 1. The number of fused-ring (bicyclic) bond motifs is 3. The molecule has 3 aliphatic rings. The standard InChI is InChI=1S/C23H25N5O5S/c1-12-20(14(3)26-23(12,4)24)28-21(29)18-13(2)25-17-6-5-15(11-16(17)19(18)22(28)30)34(31,32)27-7-9-33-10-8-27/h5-6,11H,7-10,24H2,1-4H3. The number of pyridine rings is 1. The third-order valence-electron chi connectivity index (χ3n) is 6.66.